The van der Waals surface area contributed by atoms with Crippen LogP contribution in [0.2, 0.25) is 0 Å². The molecule has 0 fully saturated rings. The number of para-hydroxylation sites is 4. The maximum absolute atomic E-state index is 6.14. The highest BCUT2D eigenvalue weighted by Crippen LogP contribution is 2.39. The molecule has 0 N–H and O–H groups in total. The van der Waals surface area contributed by atoms with Crippen LogP contribution in [-0.2, 0) is 0 Å². The second-order valence-corrected chi connectivity index (χ2v) is 18.1. The summed E-state index contributed by atoms with van der Waals surface area (Å²) in [4.78, 5) is 25.3. The lowest BCUT2D eigenvalue weighted by molar-refractivity contribution is 0.619. The molecule has 0 atom stereocenters. The third-order valence-electron chi connectivity index (χ3n) is 13.6. The number of aromatic nitrogens is 6. The summed E-state index contributed by atoms with van der Waals surface area (Å²) < 4.78 is 14.4. The zero-order chi connectivity index (χ0) is 48.2. The molecule has 342 valence electrons. The molecule has 0 amide bonds. The van der Waals surface area contributed by atoms with Crippen molar-refractivity contribution >= 4 is 44.0 Å². The van der Waals surface area contributed by atoms with E-state index in [0.717, 1.165) is 88.5 Å². The van der Waals surface area contributed by atoms with Crippen molar-refractivity contribution in [2.75, 3.05) is 0 Å². The standard InChI is InChI=1S/C65H40N6O2/c1-3-11-41(12-4-1)43-19-23-45(24-20-43)51-35-37-57-53(39-51)54-40-52(46-25-21-44(22-26-46)42-13-5-2-6-14-42)36-38-58(54)71(57)65-69-61(47-27-31-49(32-28-47)63-66-55-15-7-9-17-59(55)72-63)68-62(70-65)48-29-33-50(34-30-48)64-67-56-16-8-10-18-60(56)73-64/h1-40H. The van der Waals surface area contributed by atoms with Crippen LogP contribution < -0.4 is 0 Å². The van der Waals surface area contributed by atoms with Crippen molar-refractivity contribution in [3.05, 3.63) is 243 Å². The maximum atomic E-state index is 6.14. The Balaban J connectivity index is 0.924. The van der Waals surface area contributed by atoms with Crippen LogP contribution in [0.3, 0.4) is 0 Å². The van der Waals surface area contributed by atoms with Crippen molar-refractivity contribution in [3.63, 3.8) is 0 Å². The summed E-state index contributed by atoms with van der Waals surface area (Å²) in [5, 5.41) is 2.16. The van der Waals surface area contributed by atoms with Crippen molar-refractivity contribution in [1.82, 2.24) is 29.5 Å². The van der Waals surface area contributed by atoms with Crippen LogP contribution in [0.25, 0.3) is 140 Å². The lowest BCUT2D eigenvalue weighted by atomic mass is 9.97. The van der Waals surface area contributed by atoms with Gasteiger partial charge in [0.05, 0.1) is 11.0 Å². The first kappa shape index (κ1) is 41.9. The van der Waals surface area contributed by atoms with Crippen LogP contribution in [0.15, 0.2) is 251 Å². The molecular weight excluding hydrogens is 897 g/mol. The van der Waals surface area contributed by atoms with Crippen LogP contribution in [-0.4, -0.2) is 29.5 Å². The zero-order valence-corrected chi connectivity index (χ0v) is 39.1. The predicted octanol–water partition coefficient (Wildman–Crippen LogP) is 16.6. The molecule has 4 heterocycles. The fraction of sp³-hybridized carbons (Fsp3) is 0. The average molecular weight is 937 g/mol. The molecule has 0 unspecified atom stereocenters. The highest BCUT2D eigenvalue weighted by Gasteiger charge is 2.21. The van der Waals surface area contributed by atoms with Crippen molar-refractivity contribution in [3.8, 4) is 96.1 Å². The number of hydrogen-bond acceptors (Lipinski definition) is 7. The first-order chi connectivity index (χ1) is 36.1. The minimum Gasteiger partial charge on any atom is -0.436 e. The fourth-order valence-electron chi connectivity index (χ4n) is 9.81. The molecule has 0 aliphatic heterocycles. The van der Waals surface area contributed by atoms with Crippen LogP contribution in [0, 0.1) is 0 Å². The molecule has 4 aromatic heterocycles. The van der Waals surface area contributed by atoms with E-state index in [1.807, 2.05) is 109 Å². The summed E-state index contributed by atoms with van der Waals surface area (Å²) in [6.07, 6.45) is 0. The Morgan fingerprint density at radius 2 is 0.589 bits per heavy atom. The van der Waals surface area contributed by atoms with E-state index in [1.165, 1.54) is 22.3 Å². The van der Waals surface area contributed by atoms with Crippen molar-refractivity contribution in [2.24, 2.45) is 0 Å². The van der Waals surface area contributed by atoms with Crippen molar-refractivity contribution < 1.29 is 8.83 Å². The molecule has 0 aliphatic carbocycles. The number of rotatable bonds is 9. The summed E-state index contributed by atoms with van der Waals surface area (Å²) in [5.41, 5.74) is 17.6. The molecule has 0 radical (unpaired) electrons. The monoisotopic (exact) mass is 936 g/mol. The highest BCUT2D eigenvalue weighted by atomic mass is 16.4. The summed E-state index contributed by atoms with van der Waals surface area (Å²) >= 11 is 0. The highest BCUT2D eigenvalue weighted by molar-refractivity contribution is 6.11. The number of hydrogen-bond donors (Lipinski definition) is 0. The lowest BCUT2D eigenvalue weighted by Crippen LogP contribution is -2.06. The van der Waals surface area contributed by atoms with Crippen LogP contribution in [0.5, 0.6) is 0 Å². The topological polar surface area (TPSA) is 95.7 Å². The van der Waals surface area contributed by atoms with E-state index in [-0.39, 0.29) is 0 Å². The Hall–Kier alpha value is -10.1. The van der Waals surface area contributed by atoms with Gasteiger partial charge in [-0.2, -0.15) is 9.97 Å². The molecule has 0 aliphatic rings. The molecule has 0 bridgehead atoms. The maximum Gasteiger partial charge on any atom is 0.238 e. The van der Waals surface area contributed by atoms with Gasteiger partial charge in [0, 0.05) is 33.0 Å². The average Bonchev–Trinajstić information content (AvgIpc) is 4.21. The number of oxazole rings is 2. The van der Waals surface area contributed by atoms with Crippen molar-refractivity contribution in [2.45, 2.75) is 0 Å². The van der Waals surface area contributed by atoms with Crippen LogP contribution in [0.4, 0.5) is 0 Å². The Kier molecular flexibility index (Phi) is 9.99. The van der Waals surface area contributed by atoms with Gasteiger partial charge in [-0.05, 0) is 117 Å². The van der Waals surface area contributed by atoms with E-state index in [2.05, 4.69) is 138 Å². The molecule has 73 heavy (non-hydrogen) atoms. The van der Waals surface area contributed by atoms with E-state index in [0.29, 0.717) is 29.4 Å². The molecule has 8 heteroatoms. The Labute approximate surface area is 419 Å². The van der Waals surface area contributed by atoms with Gasteiger partial charge < -0.3 is 8.83 Å². The predicted molar refractivity (Wildman–Crippen MR) is 293 cm³/mol. The van der Waals surface area contributed by atoms with Gasteiger partial charge in [0.25, 0.3) is 0 Å². The third kappa shape index (κ3) is 7.71. The molecule has 0 saturated carbocycles. The molecule has 0 saturated heterocycles. The van der Waals surface area contributed by atoms with Crippen molar-refractivity contribution in [1.29, 1.82) is 0 Å². The third-order valence-corrected chi connectivity index (χ3v) is 13.6. The summed E-state index contributed by atoms with van der Waals surface area (Å²) in [6.45, 7) is 0. The van der Waals surface area contributed by atoms with Gasteiger partial charge in [0.1, 0.15) is 11.0 Å². The minimum absolute atomic E-state index is 0.492. The number of fused-ring (bicyclic) bond motifs is 5. The van der Waals surface area contributed by atoms with Gasteiger partial charge in [-0.15, -0.1) is 0 Å². The van der Waals surface area contributed by atoms with Crippen LogP contribution in [0.1, 0.15) is 0 Å². The molecule has 14 aromatic rings. The summed E-state index contributed by atoms with van der Waals surface area (Å²) in [7, 11) is 0. The van der Waals surface area contributed by atoms with E-state index in [1.54, 1.807) is 0 Å². The molecule has 0 spiro atoms. The van der Waals surface area contributed by atoms with Gasteiger partial charge in [0.15, 0.2) is 22.8 Å². The zero-order valence-electron chi connectivity index (χ0n) is 39.1. The SMILES string of the molecule is c1ccc(-c2ccc(-c3ccc4c(c3)c3cc(-c5ccc(-c6ccccc6)cc5)ccc3n4-c3nc(-c4ccc(-c5nc6ccccc6o5)cc4)nc(-c4ccc(-c5nc6ccccc6o5)cc4)n3)cc2)cc1. The first-order valence-corrected chi connectivity index (χ1v) is 24.2. The van der Waals surface area contributed by atoms with Gasteiger partial charge in [-0.25, -0.2) is 15.0 Å². The quantitative estimate of drug-likeness (QED) is 0.142. The molecule has 8 nitrogen and oxygen atoms in total. The van der Waals surface area contributed by atoms with Gasteiger partial charge in [-0.3, -0.25) is 4.57 Å². The Morgan fingerprint density at radius 3 is 1.00 bits per heavy atom. The Bertz CT molecular complexity index is 3990. The second kappa shape index (κ2) is 17.4. The minimum atomic E-state index is 0.492. The molecule has 10 aromatic carbocycles. The first-order valence-electron chi connectivity index (χ1n) is 24.2. The van der Waals surface area contributed by atoms with E-state index < -0.39 is 0 Å². The van der Waals surface area contributed by atoms with E-state index in [9.17, 15) is 0 Å². The largest absolute Gasteiger partial charge is 0.436 e. The fourth-order valence-corrected chi connectivity index (χ4v) is 9.81. The van der Waals surface area contributed by atoms with Gasteiger partial charge in [-0.1, -0.05) is 170 Å². The van der Waals surface area contributed by atoms with Gasteiger partial charge >= 0.3 is 0 Å². The smallest absolute Gasteiger partial charge is 0.238 e. The van der Waals surface area contributed by atoms with E-state index in [4.69, 9.17) is 33.8 Å². The molecule has 14 rings (SSSR count). The number of benzene rings is 10. The second-order valence-electron chi connectivity index (χ2n) is 18.1. The summed E-state index contributed by atoms with van der Waals surface area (Å²) in [6, 6.07) is 83.6. The molecular formula is C65H40N6O2. The van der Waals surface area contributed by atoms with Crippen LogP contribution >= 0.6 is 0 Å². The summed E-state index contributed by atoms with van der Waals surface area (Å²) in [5.74, 6) is 2.63. The Morgan fingerprint density at radius 1 is 0.260 bits per heavy atom. The van der Waals surface area contributed by atoms with Gasteiger partial charge in [0.2, 0.25) is 17.7 Å². The number of nitrogens with zero attached hydrogens (tertiary/aromatic N) is 6. The lowest BCUT2D eigenvalue weighted by Gasteiger charge is -2.12. The van der Waals surface area contributed by atoms with E-state index >= 15 is 0 Å². The normalized spacial score (nSPS) is 11.6.